The Hall–Kier alpha value is -0.920. The molecule has 2 aromatic carbocycles. The maximum atomic E-state index is 6.39. The second-order valence-corrected chi connectivity index (χ2v) is 4.25. The van der Waals surface area contributed by atoms with Gasteiger partial charge >= 0.3 is 0 Å². The second kappa shape index (κ2) is 4.73. The summed E-state index contributed by atoms with van der Waals surface area (Å²) in [7, 11) is 0. The monoisotopic (exact) mass is 234 g/mol. The Morgan fingerprint density at radius 2 is 1.47 bits per heavy atom. The van der Waals surface area contributed by atoms with E-state index in [4.69, 9.17) is 11.6 Å². The van der Waals surface area contributed by atoms with Crippen molar-refractivity contribution in [3.63, 3.8) is 0 Å². The van der Waals surface area contributed by atoms with E-state index in [1.807, 2.05) is 54.6 Å². The van der Waals surface area contributed by atoms with E-state index in [9.17, 15) is 0 Å². The van der Waals surface area contributed by atoms with Crippen molar-refractivity contribution in [1.29, 1.82) is 0 Å². The highest BCUT2D eigenvalue weighted by Gasteiger charge is 2.11. The van der Waals surface area contributed by atoms with E-state index in [1.165, 1.54) is 0 Å². The Labute approximate surface area is 100 Å². The van der Waals surface area contributed by atoms with Crippen molar-refractivity contribution in [3.8, 4) is 0 Å². The first-order chi connectivity index (χ1) is 7.29. The third-order valence-corrected chi connectivity index (χ3v) is 3.20. The maximum absolute atomic E-state index is 6.39. The molecule has 2 aromatic rings. The van der Waals surface area contributed by atoms with E-state index in [1.54, 1.807) is 0 Å². The average Bonchev–Trinajstić information content (AvgIpc) is 2.30. The van der Waals surface area contributed by atoms with Crippen molar-refractivity contribution >= 4 is 24.2 Å². The molecule has 0 spiro atoms. The SMILES string of the molecule is Sc1ccccc1C(Cl)c1ccccc1. The molecular weight excluding hydrogens is 224 g/mol. The molecule has 0 fully saturated rings. The van der Waals surface area contributed by atoms with E-state index < -0.39 is 0 Å². The Kier molecular flexibility index (Phi) is 3.34. The molecule has 15 heavy (non-hydrogen) atoms. The predicted molar refractivity (Wildman–Crippen MR) is 67.8 cm³/mol. The third-order valence-electron chi connectivity index (χ3n) is 2.30. The Morgan fingerprint density at radius 1 is 0.867 bits per heavy atom. The number of benzene rings is 2. The molecule has 0 heterocycles. The largest absolute Gasteiger partial charge is 0.143 e. The van der Waals surface area contributed by atoms with Gasteiger partial charge in [0.25, 0.3) is 0 Å². The number of halogens is 1. The molecular formula is C13H11ClS. The van der Waals surface area contributed by atoms with E-state index >= 15 is 0 Å². The number of rotatable bonds is 2. The summed E-state index contributed by atoms with van der Waals surface area (Å²) >= 11 is 10.8. The van der Waals surface area contributed by atoms with E-state index in [0.29, 0.717) is 0 Å². The standard InChI is InChI=1S/C13H11ClS/c14-13(10-6-2-1-3-7-10)11-8-4-5-9-12(11)15/h1-9,13,15H. The smallest absolute Gasteiger partial charge is 0.0846 e. The van der Waals surface area contributed by atoms with Crippen LogP contribution in [0, 0.1) is 0 Å². The molecule has 1 unspecified atom stereocenters. The van der Waals surface area contributed by atoms with Crippen molar-refractivity contribution in [2.24, 2.45) is 0 Å². The lowest BCUT2D eigenvalue weighted by atomic mass is 10.0. The molecule has 0 nitrogen and oxygen atoms in total. The number of hydrogen-bond acceptors (Lipinski definition) is 1. The summed E-state index contributed by atoms with van der Waals surface area (Å²) in [6.45, 7) is 0. The van der Waals surface area contributed by atoms with Gasteiger partial charge in [-0.05, 0) is 17.2 Å². The van der Waals surface area contributed by atoms with Crippen molar-refractivity contribution < 1.29 is 0 Å². The molecule has 2 rings (SSSR count). The first-order valence-electron chi connectivity index (χ1n) is 4.76. The van der Waals surface area contributed by atoms with Crippen LogP contribution in [0.3, 0.4) is 0 Å². The molecule has 0 bridgehead atoms. The topological polar surface area (TPSA) is 0 Å². The summed E-state index contributed by atoms with van der Waals surface area (Å²) in [4.78, 5) is 0.932. The molecule has 0 amide bonds. The zero-order valence-corrected chi connectivity index (χ0v) is 9.75. The van der Waals surface area contributed by atoms with Crippen molar-refractivity contribution in [2.75, 3.05) is 0 Å². The minimum atomic E-state index is -0.125. The summed E-state index contributed by atoms with van der Waals surface area (Å²) in [5.74, 6) is 0. The highest BCUT2D eigenvalue weighted by Crippen LogP contribution is 2.32. The fraction of sp³-hybridized carbons (Fsp3) is 0.0769. The highest BCUT2D eigenvalue weighted by atomic mass is 35.5. The van der Waals surface area contributed by atoms with Gasteiger partial charge in [-0.15, -0.1) is 24.2 Å². The molecule has 0 saturated carbocycles. The molecule has 0 aliphatic rings. The number of hydrogen-bond donors (Lipinski definition) is 1. The third kappa shape index (κ3) is 2.36. The summed E-state index contributed by atoms with van der Waals surface area (Å²) in [5, 5.41) is -0.125. The lowest BCUT2D eigenvalue weighted by molar-refractivity contribution is 1.09. The normalized spacial score (nSPS) is 12.4. The highest BCUT2D eigenvalue weighted by molar-refractivity contribution is 7.80. The molecule has 0 saturated heterocycles. The Morgan fingerprint density at radius 3 is 2.13 bits per heavy atom. The van der Waals surface area contributed by atoms with Crippen LogP contribution in [0.4, 0.5) is 0 Å². The van der Waals surface area contributed by atoms with Crippen LogP contribution < -0.4 is 0 Å². The lowest BCUT2D eigenvalue weighted by Gasteiger charge is -2.12. The molecule has 0 aromatic heterocycles. The number of alkyl halides is 1. The lowest BCUT2D eigenvalue weighted by Crippen LogP contribution is -1.93. The first kappa shape index (κ1) is 10.6. The van der Waals surface area contributed by atoms with Crippen molar-refractivity contribution in [2.45, 2.75) is 10.3 Å². The molecule has 0 aliphatic heterocycles. The van der Waals surface area contributed by atoms with Crippen LogP contribution in [0.5, 0.6) is 0 Å². The zero-order valence-electron chi connectivity index (χ0n) is 8.10. The van der Waals surface area contributed by atoms with Gasteiger partial charge in [0.1, 0.15) is 0 Å². The van der Waals surface area contributed by atoms with Gasteiger partial charge in [0.05, 0.1) is 5.38 Å². The van der Waals surface area contributed by atoms with Gasteiger partial charge in [0.15, 0.2) is 0 Å². The van der Waals surface area contributed by atoms with Gasteiger partial charge in [-0.3, -0.25) is 0 Å². The summed E-state index contributed by atoms with van der Waals surface area (Å²) < 4.78 is 0. The van der Waals surface area contributed by atoms with Gasteiger partial charge in [0.2, 0.25) is 0 Å². The molecule has 0 radical (unpaired) electrons. The minimum Gasteiger partial charge on any atom is -0.143 e. The van der Waals surface area contributed by atoms with Gasteiger partial charge in [-0.25, -0.2) is 0 Å². The Bertz CT molecular complexity index is 439. The van der Waals surface area contributed by atoms with Crippen LogP contribution in [0.15, 0.2) is 59.5 Å². The summed E-state index contributed by atoms with van der Waals surface area (Å²) in [5.41, 5.74) is 2.15. The minimum absolute atomic E-state index is 0.125. The summed E-state index contributed by atoms with van der Waals surface area (Å²) in [6.07, 6.45) is 0. The molecule has 0 N–H and O–H groups in total. The van der Waals surface area contributed by atoms with E-state index in [2.05, 4.69) is 12.6 Å². The van der Waals surface area contributed by atoms with Crippen LogP contribution in [-0.2, 0) is 0 Å². The van der Waals surface area contributed by atoms with E-state index in [-0.39, 0.29) is 5.38 Å². The zero-order chi connectivity index (χ0) is 10.7. The van der Waals surface area contributed by atoms with Gasteiger partial charge in [-0.1, -0.05) is 48.5 Å². The molecule has 76 valence electrons. The molecule has 0 aliphatic carbocycles. The van der Waals surface area contributed by atoms with Gasteiger partial charge in [-0.2, -0.15) is 0 Å². The first-order valence-corrected chi connectivity index (χ1v) is 5.64. The predicted octanol–water partition coefficient (Wildman–Crippen LogP) is 4.30. The van der Waals surface area contributed by atoms with Gasteiger partial charge < -0.3 is 0 Å². The Balaban J connectivity index is 2.37. The molecule has 2 heteroatoms. The van der Waals surface area contributed by atoms with Crippen LogP contribution in [-0.4, -0.2) is 0 Å². The van der Waals surface area contributed by atoms with Crippen molar-refractivity contribution in [3.05, 3.63) is 65.7 Å². The van der Waals surface area contributed by atoms with Crippen LogP contribution in [0.1, 0.15) is 16.5 Å². The van der Waals surface area contributed by atoms with Crippen LogP contribution in [0.2, 0.25) is 0 Å². The fourth-order valence-corrected chi connectivity index (χ4v) is 2.20. The number of thiol groups is 1. The summed E-state index contributed by atoms with van der Waals surface area (Å²) in [6, 6.07) is 17.9. The van der Waals surface area contributed by atoms with Crippen LogP contribution >= 0.6 is 24.2 Å². The maximum Gasteiger partial charge on any atom is 0.0846 e. The van der Waals surface area contributed by atoms with Crippen molar-refractivity contribution in [1.82, 2.24) is 0 Å². The van der Waals surface area contributed by atoms with Crippen LogP contribution in [0.25, 0.3) is 0 Å². The van der Waals surface area contributed by atoms with Gasteiger partial charge in [0, 0.05) is 4.90 Å². The second-order valence-electron chi connectivity index (χ2n) is 3.33. The molecule has 1 atom stereocenters. The van der Waals surface area contributed by atoms with E-state index in [0.717, 1.165) is 16.0 Å². The average molecular weight is 235 g/mol. The fourth-order valence-electron chi connectivity index (χ4n) is 1.50. The quantitative estimate of drug-likeness (QED) is 0.581.